The lowest BCUT2D eigenvalue weighted by atomic mass is 10.0. The van der Waals surface area contributed by atoms with E-state index in [1.165, 1.54) is 4.90 Å². The first-order valence-electron chi connectivity index (χ1n) is 15.7. The number of H-pyrrole nitrogens is 1. The van der Waals surface area contributed by atoms with Crippen LogP contribution in [0.4, 0.5) is 5.82 Å². The minimum absolute atomic E-state index is 0.0141. The lowest BCUT2D eigenvalue weighted by Crippen LogP contribution is -2.48. The van der Waals surface area contributed by atoms with Crippen LogP contribution in [-0.4, -0.2) is 82.4 Å². The number of aromatic amines is 1. The topological polar surface area (TPSA) is 174 Å². The highest BCUT2D eigenvalue weighted by atomic mass is 16.5. The van der Waals surface area contributed by atoms with E-state index < -0.39 is 11.9 Å². The van der Waals surface area contributed by atoms with E-state index >= 15 is 0 Å². The molecule has 0 radical (unpaired) electrons. The van der Waals surface area contributed by atoms with Crippen LogP contribution < -0.4 is 21.3 Å². The minimum Gasteiger partial charge on any atom is -0.368 e. The molecule has 13 heteroatoms. The summed E-state index contributed by atoms with van der Waals surface area (Å²) in [5.41, 5.74) is 3.09. The summed E-state index contributed by atoms with van der Waals surface area (Å²) in [6.45, 7) is 1.12. The van der Waals surface area contributed by atoms with Crippen molar-refractivity contribution in [1.82, 2.24) is 36.0 Å². The van der Waals surface area contributed by atoms with E-state index in [1.54, 1.807) is 24.3 Å². The molecule has 13 nitrogen and oxygen atoms in total. The SMILES string of the molecule is O=C1CN(C(=O)Cc2noc3ccccc23)CCCCNC(=O)[C@H](Cc2c[nH]c3ccccc23)NC(=O)c2cccc(n2)NCCN1. The average Bonchev–Trinajstić information content (AvgIpc) is 3.69. The fourth-order valence-corrected chi connectivity index (χ4v) is 5.62. The maximum Gasteiger partial charge on any atom is 0.270 e. The smallest absolute Gasteiger partial charge is 0.270 e. The zero-order valence-corrected chi connectivity index (χ0v) is 25.8. The van der Waals surface area contributed by atoms with Crippen molar-refractivity contribution in [2.75, 3.05) is 38.0 Å². The van der Waals surface area contributed by atoms with Gasteiger partial charge < -0.3 is 35.7 Å². The van der Waals surface area contributed by atoms with Crippen LogP contribution in [0.5, 0.6) is 0 Å². The van der Waals surface area contributed by atoms with Gasteiger partial charge in [-0.2, -0.15) is 0 Å². The van der Waals surface area contributed by atoms with Crippen molar-refractivity contribution in [3.8, 4) is 0 Å². The molecule has 2 aromatic carbocycles. The van der Waals surface area contributed by atoms with Crippen molar-refractivity contribution in [2.45, 2.75) is 31.7 Å². The Kier molecular flexibility index (Phi) is 9.70. The van der Waals surface area contributed by atoms with E-state index in [0.717, 1.165) is 21.9 Å². The summed E-state index contributed by atoms with van der Waals surface area (Å²) in [5, 5.41) is 17.6. The first-order valence-corrected chi connectivity index (χ1v) is 15.7. The number of fused-ring (bicyclic) bond motifs is 4. The number of anilines is 1. The van der Waals surface area contributed by atoms with Crippen molar-refractivity contribution in [3.63, 3.8) is 0 Å². The highest BCUT2D eigenvalue weighted by Crippen LogP contribution is 2.20. The van der Waals surface area contributed by atoms with E-state index in [9.17, 15) is 19.2 Å². The number of nitrogens with zero attached hydrogens (tertiary/aromatic N) is 3. The molecule has 0 unspecified atom stereocenters. The molecule has 242 valence electrons. The maximum absolute atomic E-state index is 13.5. The predicted octanol–water partition coefficient (Wildman–Crippen LogP) is 2.55. The molecule has 47 heavy (non-hydrogen) atoms. The molecular formula is C34H36N8O5. The van der Waals surface area contributed by atoms with Gasteiger partial charge in [0.05, 0.1) is 13.0 Å². The zero-order valence-electron chi connectivity index (χ0n) is 25.8. The van der Waals surface area contributed by atoms with Crippen LogP contribution in [0.25, 0.3) is 21.9 Å². The van der Waals surface area contributed by atoms with E-state index in [0.29, 0.717) is 49.6 Å². The normalized spacial score (nSPS) is 17.1. The van der Waals surface area contributed by atoms with Gasteiger partial charge in [-0.25, -0.2) is 4.98 Å². The van der Waals surface area contributed by atoms with Gasteiger partial charge in [0.2, 0.25) is 17.7 Å². The molecule has 0 spiro atoms. The molecule has 6 rings (SSSR count). The summed E-state index contributed by atoms with van der Waals surface area (Å²) in [5.74, 6) is -0.929. The molecule has 5 aromatic rings. The molecule has 2 bridgehead atoms. The van der Waals surface area contributed by atoms with Gasteiger partial charge >= 0.3 is 0 Å². The number of pyridine rings is 1. The summed E-state index contributed by atoms with van der Waals surface area (Å²) in [6, 6.07) is 19.2. The number of carbonyl (C=O) groups excluding carboxylic acids is 4. The highest BCUT2D eigenvalue weighted by molar-refractivity contribution is 5.97. The van der Waals surface area contributed by atoms with Gasteiger partial charge in [-0.3, -0.25) is 19.2 Å². The van der Waals surface area contributed by atoms with Crippen LogP contribution >= 0.6 is 0 Å². The van der Waals surface area contributed by atoms with Crippen LogP contribution in [0.2, 0.25) is 0 Å². The van der Waals surface area contributed by atoms with Gasteiger partial charge in [-0.1, -0.05) is 41.6 Å². The van der Waals surface area contributed by atoms with Gasteiger partial charge in [0.25, 0.3) is 5.91 Å². The molecule has 3 aromatic heterocycles. The number of rotatable bonds is 4. The molecule has 1 atom stereocenters. The molecule has 1 aliphatic rings. The zero-order chi connectivity index (χ0) is 32.6. The number of para-hydroxylation sites is 2. The van der Waals surface area contributed by atoms with Crippen LogP contribution in [0.1, 0.15) is 34.6 Å². The van der Waals surface area contributed by atoms with Gasteiger partial charge in [0.1, 0.15) is 23.2 Å². The lowest BCUT2D eigenvalue weighted by Gasteiger charge is -2.22. The summed E-state index contributed by atoms with van der Waals surface area (Å²) in [7, 11) is 0. The Hall–Kier alpha value is -5.72. The van der Waals surface area contributed by atoms with Gasteiger partial charge in [0.15, 0.2) is 5.58 Å². The Labute approximate surface area is 270 Å². The first-order chi connectivity index (χ1) is 22.9. The minimum atomic E-state index is -0.862. The molecule has 0 saturated heterocycles. The van der Waals surface area contributed by atoms with Gasteiger partial charge in [-0.05, 0) is 48.7 Å². The second kappa shape index (κ2) is 14.6. The number of aromatic nitrogens is 3. The molecule has 5 N–H and O–H groups in total. The largest absolute Gasteiger partial charge is 0.368 e. The summed E-state index contributed by atoms with van der Waals surface area (Å²) in [6.07, 6.45) is 3.19. The highest BCUT2D eigenvalue weighted by Gasteiger charge is 2.25. The fraction of sp³-hybridized carbons (Fsp3) is 0.294. The van der Waals surface area contributed by atoms with Gasteiger partial charge in [-0.15, -0.1) is 0 Å². The number of nitrogens with one attached hydrogen (secondary N) is 5. The Morgan fingerprint density at radius 3 is 2.57 bits per heavy atom. The molecule has 0 saturated carbocycles. The Balaban J connectivity index is 1.17. The molecule has 4 heterocycles. The van der Waals surface area contributed by atoms with Crippen LogP contribution in [0, 0.1) is 0 Å². The number of hydrogen-bond donors (Lipinski definition) is 5. The Morgan fingerprint density at radius 1 is 0.872 bits per heavy atom. The number of hydrogen-bond acceptors (Lipinski definition) is 8. The second-order valence-electron chi connectivity index (χ2n) is 11.4. The third-order valence-corrected chi connectivity index (χ3v) is 8.07. The monoisotopic (exact) mass is 636 g/mol. The van der Waals surface area contributed by atoms with E-state index in [1.807, 2.05) is 48.7 Å². The van der Waals surface area contributed by atoms with Crippen molar-refractivity contribution < 1.29 is 23.7 Å². The Morgan fingerprint density at radius 2 is 1.68 bits per heavy atom. The molecular weight excluding hydrogens is 600 g/mol. The molecule has 1 aliphatic heterocycles. The third-order valence-electron chi connectivity index (χ3n) is 8.07. The standard InChI is InChI=1S/C34H36N8O5/c43-31-21-42(32(44)19-27-24-9-2-4-12-29(24)47-41-27)17-6-5-14-37-33(45)28(18-22-20-38-25-10-3-1-8-23(22)25)40-34(46)26-11-7-13-30(39-26)35-15-16-36-31/h1-4,7-13,20,28,38H,5-6,14-19,21H2,(H,35,39)(H,36,43)(H,37,45)(H,40,46)/t28-/m0/s1. The summed E-state index contributed by atoms with van der Waals surface area (Å²) in [4.78, 5) is 62.2. The van der Waals surface area contributed by atoms with Crippen molar-refractivity contribution >= 4 is 51.3 Å². The molecule has 4 amide bonds. The van der Waals surface area contributed by atoms with Crippen LogP contribution in [0.3, 0.4) is 0 Å². The van der Waals surface area contributed by atoms with E-state index in [4.69, 9.17) is 4.52 Å². The van der Waals surface area contributed by atoms with E-state index in [2.05, 4.69) is 36.4 Å². The number of amides is 4. The third kappa shape index (κ3) is 7.75. The van der Waals surface area contributed by atoms with Crippen molar-refractivity contribution in [1.29, 1.82) is 0 Å². The summed E-state index contributed by atoms with van der Waals surface area (Å²) < 4.78 is 5.36. The second-order valence-corrected chi connectivity index (χ2v) is 11.4. The number of benzene rings is 2. The summed E-state index contributed by atoms with van der Waals surface area (Å²) >= 11 is 0. The first kappa shape index (κ1) is 31.3. The van der Waals surface area contributed by atoms with E-state index in [-0.39, 0.29) is 49.3 Å². The molecule has 0 fully saturated rings. The molecule has 0 aliphatic carbocycles. The predicted molar refractivity (Wildman–Crippen MR) is 176 cm³/mol. The average molecular weight is 637 g/mol. The quantitative estimate of drug-likeness (QED) is 0.200. The van der Waals surface area contributed by atoms with Crippen molar-refractivity contribution in [2.24, 2.45) is 0 Å². The maximum atomic E-state index is 13.5. The van der Waals surface area contributed by atoms with Crippen molar-refractivity contribution in [3.05, 3.63) is 89.9 Å². The lowest BCUT2D eigenvalue weighted by molar-refractivity contribution is -0.135. The fourth-order valence-electron chi connectivity index (χ4n) is 5.62. The van der Waals surface area contributed by atoms with Gasteiger partial charge in [0, 0.05) is 55.1 Å². The van der Waals surface area contributed by atoms with Crippen LogP contribution in [-0.2, 0) is 27.2 Å². The van der Waals surface area contributed by atoms with Crippen LogP contribution in [0.15, 0.2) is 77.4 Å². The number of carbonyl (C=O) groups is 4. The Bertz CT molecular complexity index is 1900.